The molecule has 1 aromatic carbocycles. The van der Waals surface area contributed by atoms with Gasteiger partial charge < -0.3 is 5.11 Å². The molecule has 0 spiro atoms. The molecule has 0 bridgehead atoms. The third-order valence-electron chi connectivity index (χ3n) is 3.93. The van der Waals surface area contributed by atoms with Gasteiger partial charge in [0.1, 0.15) is 5.01 Å². The van der Waals surface area contributed by atoms with Crippen molar-refractivity contribution in [2.75, 3.05) is 13.2 Å². The molecule has 1 N–H and O–H groups in total. The molecule has 20 heavy (non-hydrogen) atoms. The normalized spacial score (nSPS) is 19.6. The highest BCUT2D eigenvalue weighted by Crippen LogP contribution is 2.26. The van der Waals surface area contributed by atoms with E-state index < -0.39 is 0 Å². The lowest BCUT2D eigenvalue weighted by Crippen LogP contribution is -2.31. The SMILES string of the molecule is Cc1ccc(-c2nc(CN3CCC[C@H]3CO)cs2)cc1. The van der Waals surface area contributed by atoms with Gasteiger partial charge in [0.25, 0.3) is 0 Å². The summed E-state index contributed by atoms with van der Waals surface area (Å²) in [6.45, 7) is 4.28. The molecule has 1 aliphatic heterocycles. The first-order chi connectivity index (χ1) is 9.76. The Bertz CT molecular complexity index is 564. The third kappa shape index (κ3) is 2.92. The van der Waals surface area contributed by atoms with E-state index in [1.807, 2.05) is 0 Å². The van der Waals surface area contributed by atoms with E-state index in [1.165, 1.54) is 17.5 Å². The number of hydrogen-bond acceptors (Lipinski definition) is 4. The van der Waals surface area contributed by atoms with Crippen LogP contribution in [0.3, 0.4) is 0 Å². The van der Waals surface area contributed by atoms with Gasteiger partial charge in [-0.1, -0.05) is 29.8 Å². The number of nitrogens with zero attached hydrogens (tertiary/aromatic N) is 2. The number of aromatic nitrogens is 1. The smallest absolute Gasteiger partial charge is 0.123 e. The van der Waals surface area contributed by atoms with Crippen LogP contribution in [-0.2, 0) is 6.54 Å². The van der Waals surface area contributed by atoms with Crippen LogP contribution in [0.15, 0.2) is 29.6 Å². The van der Waals surface area contributed by atoms with Gasteiger partial charge in [0.15, 0.2) is 0 Å². The third-order valence-corrected chi connectivity index (χ3v) is 4.87. The monoisotopic (exact) mass is 288 g/mol. The Morgan fingerprint density at radius 1 is 1.35 bits per heavy atom. The lowest BCUT2D eigenvalue weighted by Gasteiger charge is -2.21. The van der Waals surface area contributed by atoms with Crippen molar-refractivity contribution in [1.29, 1.82) is 0 Å². The van der Waals surface area contributed by atoms with E-state index >= 15 is 0 Å². The quantitative estimate of drug-likeness (QED) is 0.939. The maximum atomic E-state index is 9.36. The van der Waals surface area contributed by atoms with Crippen LogP contribution in [0.1, 0.15) is 24.1 Å². The van der Waals surface area contributed by atoms with Gasteiger partial charge in [-0.05, 0) is 26.3 Å². The van der Waals surface area contributed by atoms with Gasteiger partial charge in [-0.3, -0.25) is 4.90 Å². The molecular formula is C16H20N2OS. The minimum Gasteiger partial charge on any atom is -0.395 e. The fraction of sp³-hybridized carbons (Fsp3) is 0.438. The molecule has 2 heterocycles. The number of likely N-dealkylation sites (tertiary alicyclic amines) is 1. The molecule has 0 aliphatic carbocycles. The molecule has 0 radical (unpaired) electrons. The average Bonchev–Trinajstić information content (AvgIpc) is 3.09. The van der Waals surface area contributed by atoms with Crippen LogP contribution in [0.2, 0.25) is 0 Å². The van der Waals surface area contributed by atoms with E-state index in [-0.39, 0.29) is 6.61 Å². The van der Waals surface area contributed by atoms with Gasteiger partial charge >= 0.3 is 0 Å². The largest absolute Gasteiger partial charge is 0.395 e. The van der Waals surface area contributed by atoms with E-state index in [4.69, 9.17) is 4.98 Å². The number of aliphatic hydroxyl groups excluding tert-OH is 1. The predicted molar refractivity (Wildman–Crippen MR) is 82.8 cm³/mol. The van der Waals surface area contributed by atoms with Gasteiger partial charge in [-0.25, -0.2) is 4.98 Å². The summed E-state index contributed by atoms with van der Waals surface area (Å²) in [6, 6.07) is 8.82. The topological polar surface area (TPSA) is 36.4 Å². The van der Waals surface area contributed by atoms with E-state index in [1.54, 1.807) is 11.3 Å². The average molecular weight is 288 g/mol. The second kappa shape index (κ2) is 6.04. The molecule has 1 aliphatic rings. The molecule has 1 fully saturated rings. The summed E-state index contributed by atoms with van der Waals surface area (Å²) >= 11 is 1.70. The van der Waals surface area contributed by atoms with Gasteiger partial charge in [-0.2, -0.15) is 0 Å². The standard InChI is InChI=1S/C16H20N2OS/c1-12-4-6-13(7-5-12)16-17-14(11-20-16)9-18-8-2-3-15(18)10-19/h4-7,11,15,19H,2-3,8-10H2,1H3/t15-/m0/s1. The molecule has 1 saturated heterocycles. The molecule has 106 valence electrons. The highest BCUT2D eigenvalue weighted by molar-refractivity contribution is 7.13. The lowest BCUT2D eigenvalue weighted by molar-refractivity contribution is 0.152. The maximum Gasteiger partial charge on any atom is 0.123 e. The summed E-state index contributed by atoms with van der Waals surface area (Å²) in [5.41, 5.74) is 3.58. The Labute approximate surface area is 123 Å². The zero-order valence-corrected chi connectivity index (χ0v) is 12.6. The van der Waals surface area contributed by atoms with Crippen molar-refractivity contribution >= 4 is 11.3 Å². The first kappa shape index (κ1) is 13.7. The van der Waals surface area contributed by atoms with Gasteiger partial charge in [-0.15, -0.1) is 11.3 Å². The Balaban J connectivity index is 1.72. The van der Waals surface area contributed by atoms with Gasteiger partial charge in [0, 0.05) is 23.5 Å². The van der Waals surface area contributed by atoms with Gasteiger partial charge in [0.05, 0.1) is 12.3 Å². The van der Waals surface area contributed by atoms with Crippen LogP contribution in [0.25, 0.3) is 10.6 Å². The number of aryl methyl sites for hydroxylation is 1. The Hall–Kier alpha value is -1.23. The molecule has 0 amide bonds. The van der Waals surface area contributed by atoms with E-state index in [0.717, 1.165) is 30.2 Å². The predicted octanol–water partition coefficient (Wildman–Crippen LogP) is 3.08. The van der Waals surface area contributed by atoms with Crippen molar-refractivity contribution in [2.45, 2.75) is 32.4 Å². The zero-order chi connectivity index (χ0) is 13.9. The maximum absolute atomic E-state index is 9.36. The van der Waals surface area contributed by atoms with Crippen LogP contribution in [0.4, 0.5) is 0 Å². The van der Waals surface area contributed by atoms with Crippen LogP contribution in [0.5, 0.6) is 0 Å². The van der Waals surface area contributed by atoms with Crippen LogP contribution < -0.4 is 0 Å². The summed E-state index contributed by atoms with van der Waals surface area (Å²) < 4.78 is 0. The number of benzene rings is 1. The van der Waals surface area contributed by atoms with E-state index in [9.17, 15) is 5.11 Å². The number of thiazole rings is 1. The summed E-state index contributed by atoms with van der Waals surface area (Å²) in [4.78, 5) is 7.08. The second-order valence-electron chi connectivity index (χ2n) is 5.46. The lowest BCUT2D eigenvalue weighted by atomic mass is 10.2. The van der Waals surface area contributed by atoms with Crippen LogP contribution in [0, 0.1) is 6.92 Å². The Morgan fingerprint density at radius 3 is 2.90 bits per heavy atom. The van der Waals surface area contributed by atoms with Crippen molar-refractivity contribution < 1.29 is 5.11 Å². The molecule has 3 nitrogen and oxygen atoms in total. The summed E-state index contributed by atoms with van der Waals surface area (Å²) in [6.07, 6.45) is 2.28. The fourth-order valence-corrected chi connectivity index (χ4v) is 3.54. The highest BCUT2D eigenvalue weighted by atomic mass is 32.1. The highest BCUT2D eigenvalue weighted by Gasteiger charge is 2.24. The molecule has 3 rings (SSSR count). The molecule has 1 atom stereocenters. The van der Waals surface area contributed by atoms with Gasteiger partial charge in [0.2, 0.25) is 0 Å². The van der Waals surface area contributed by atoms with Crippen molar-refractivity contribution in [2.24, 2.45) is 0 Å². The van der Waals surface area contributed by atoms with Crippen LogP contribution in [-0.4, -0.2) is 34.2 Å². The molecule has 2 aromatic rings. The van der Waals surface area contributed by atoms with E-state index in [2.05, 4.69) is 41.5 Å². The number of aliphatic hydroxyl groups is 1. The molecule has 1 aromatic heterocycles. The summed E-state index contributed by atoms with van der Waals surface area (Å²) in [5, 5.41) is 12.6. The Kier molecular flexibility index (Phi) is 4.15. The van der Waals surface area contributed by atoms with Crippen molar-refractivity contribution in [3.05, 3.63) is 40.9 Å². The van der Waals surface area contributed by atoms with E-state index in [0.29, 0.717) is 6.04 Å². The first-order valence-electron chi connectivity index (χ1n) is 7.12. The molecule has 0 unspecified atom stereocenters. The second-order valence-corrected chi connectivity index (χ2v) is 6.32. The molecule has 0 saturated carbocycles. The fourth-order valence-electron chi connectivity index (χ4n) is 2.73. The minimum absolute atomic E-state index is 0.259. The summed E-state index contributed by atoms with van der Waals surface area (Å²) in [7, 11) is 0. The van der Waals surface area contributed by atoms with Crippen molar-refractivity contribution in [3.63, 3.8) is 0 Å². The molecule has 4 heteroatoms. The van der Waals surface area contributed by atoms with Crippen molar-refractivity contribution in [3.8, 4) is 10.6 Å². The number of rotatable bonds is 4. The molecular weight excluding hydrogens is 268 g/mol. The zero-order valence-electron chi connectivity index (χ0n) is 11.7. The Morgan fingerprint density at radius 2 is 2.15 bits per heavy atom. The summed E-state index contributed by atoms with van der Waals surface area (Å²) in [5.74, 6) is 0. The first-order valence-corrected chi connectivity index (χ1v) is 8.00. The van der Waals surface area contributed by atoms with Crippen LogP contribution >= 0.6 is 11.3 Å². The number of hydrogen-bond donors (Lipinski definition) is 1. The minimum atomic E-state index is 0.259. The van der Waals surface area contributed by atoms with Crippen molar-refractivity contribution in [1.82, 2.24) is 9.88 Å².